The molecule has 5 nitrogen and oxygen atoms in total. The highest BCUT2D eigenvalue weighted by Gasteiger charge is 2.13. The Morgan fingerprint density at radius 2 is 1.90 bits per heavy atom. The molecule has 0 aliphatic rings. The van der Waals surface area contributed by atoms with Crippen LogP contribution in [0.25, 0.3) is 5.78 Å². The first-order valence-corrected chi connectivity index (χ1v) is 6.55. The van der Waals surface area contributed by atoms with Crippen LogP contribution >= 0.6 is 0 Å². The highest BCUT2D eigenvalue weighted by molar-refractivity contribution is 5.36. The van der Waals surface area contributed by atoms with E-state index in [-0.39, 0.29) is 5.56 Å². The first-order chi connectivity index (χ1) is 9.56. The maximum Gasteiger partial charge on any atom is 0.277 e. The molecule has 102 valence electrons. The molecular weight excluding hydrogens is 252 g/mol. The summed E-state index contributed by atoms with van der Waals surface area (Å²) >= 11 is 0. The van der Waals surface area contributed by atoms with Crippen molar-refractivity contribution in [1.82, 2.24) is 19.6 Å². The molecule has 3 aromatic rings. The zero-order valence-corrected chi connectivity index (χ0v) is 11.8. The summed E-state index contributed by atoms with van der Waals surface area (Å²) in [4.78, 5) is 21.1. The topological polar surface area (TPSA) is 63.1 Å². The molecule has 0 atom stereocenters. The summed E-state index contributed by atoms with van der Waals surface area (Å²) in [5.41, 5.74) is 3.70. The summed E-state index contributed by atoms with van der Waals surface area (Å²) in [6, 6.07) is 8.08. The number of hydrogen-bond acceptors (Lipinski definition) is 3. The third-order valence-electron chi connectivity index (χ3n) is 3.54. The molecule has 0 aliphatic heterocycles. The van der Waals surface area contributed by atoms with E-state index >= 15 is 0 Å². The van der Waals surface area contributed by atoms with Gasteiger partial charge in [-0.25, -0.2) is 4.98 Å². The standard InChI is InChI=1S/C15H16N4O/c1-9-6-4-5-7-12(9)8-13-10(2)16-15-17-11(3)18-19(15)14(13)20/h4-7H,8H2,1-3H3,(H,16,17,18). The fourth-order valence-electron chi connectivity index (χ4n) is 2.36. The van der Waals surface area contributed by atoms with E-state index in [1.807, 2.05) is 32.0 Å². The lowest BCUT2D eigenvalue weighted by molar-refractivity contribution is 0.846. The van der Waals surface area contributed by atoms with Crippen molar-refractivity contribution in [2.24, 2.45) is 0 Å². The maximum absolute atomic E-state index is 12.5. The van der Waals surface area contributed by atoms with Gasteiger partial charge < -0.3 is 0 Å². The summed E-state index contributed by atoms with van der Waals surface area (Å²) in [5.74, 6) is 1.11. The van der Waals surface area contributed by atoms with Crippen LogP contribution in [0.15, 0.2) is 29.1 Å². The van der Waals surface area contributed by atoms with Crippen molar-refractivity contribution in [2.75, 3.05) is 0 Å². The molecule has 5 heteroatoms. The van der Waals surface area contributed by atoms with Gasteiger partial charge in [-0.05, 0) is 31.9 Å². The molecule has 1 aromatic carbocycles. The SMILES string of the molecule is Cc1nc2nc(C)c(Cc3ccccc3C)c(=O)n2[nH]1. The molecule has 0 bridgehead atoms. The van der Waals surface area contributed by atoms with Crippen LogP contribution in [-0.2, 0) is 6.42 Å². The molecule has 0 radical (unpaired) electrons. The summed E-state index contributed by atoms with van der Waals surface area (Å²) in [6.45, 7) is 5.72. The van der Waals surface area contributed by atoms with Gasteiger partial charge in [-0.3, -0.25) is 9.89 Å². The van der Waals surface area contributed by atoms with E-state index in [0.29, 0.717) is 23.6 Å². The molecule has 0 saturated heterocycles. The number of nitrogens with zero attached hydrogens (tertiary/aromatic N) is 3. The van der Waals surface area contributed by atoms with Crippen LogP contribution in [0.1, 0.15) is 28.2 Å². The number of aromatic amines is 1. The predicted octanol–water partition coefficient (Wildman–Crippen LogP) is 1.93. The van der Waals surface area contributed by atoms with Crippen molar-refractivity contribution in [3.05, 3.63) is 62.8 Å². The molecule has 0 unspecified atom stereocenters. The summed E-state index contributed by atoms with van der Waals surface area (Å²) < 4.78 is 1.41. The Balaban J connectivity index is 2.17. The molecule has 0 aliphatic carbocycles. The Bertz CT molecular complexity index is 845. The van der Waals surface area contributed by atoms with Crippen molar-refractivity contribution >= 4 is 5.78 Å². The van der Waals surface area contributed by atoms with Crippen LogP contribution in [0.3, 0.4) is 0 Å². The fourth-order valence-corrected chi connectivity index (χ4v) is 2.36. The number of aromatic nitrogens is 4. The minimum atomic E-state index is -0.0728. The van der Waals surface area contributed by atoms with Crippen LogP contribution in [0.2, 0.25) is 0 Å². The summed E-state index contributed by atoms with van der Waals surface area (Å²) in [7, 11) is 0. The second-order valence-electron chi connectivity index (χ2n) is 5.03. The lowest BCUT2D eigenvalue weighted by Crippen LogP contribution is -2.22. The minimum absolute atomic E-state index is 0.0728. The van der Waals surface area contributed by atoms with E-state index < -0.39 is 0 Å². The molecular formula is C15H16N4O. The van der Waals surface area contributed by atoms with Crippen LogP contribution in [-0.4, -0.2) is 19.6 Å². The van der Waals surface area contributed by atoms with Gasteiger partial charge in [0.1, 0.15) is 5.82 Å². The van der Waals surface area contributed by atoms with Crippen LogP contribution in [0.5, 0.6) is 0 Å². The van der Waals surface area contributed by atoms with Crippen LogP contribution < -0.4 is 5.56 Å². The number of rotatable bonds is 2. The zero-order valence-electron chi connectivity index (χ0n) is 11.8. The molecule has 2 heterocycles. The van der Waals surface area contributed by atoms with Gasteiger partial charge in [0.05, 0.1) is 5.69 Å². The number of benzene rings is 1. The van der Waals surface area contributed by atoms with Crippen molar-refractivity contribution in [2.45, 2.75) is 27.2 Å². The molecule has 2 aromatic heterocycles. The van der Waals surface area contributed by atoms with Gasteiger partial charge in [0.25, 0.3) is 11.3 Å². The number of H-pyrrole nitrogens is 1. The third-order valence-corrected chi connectivity index (χ3v) is 3.54. The average molecular weight is 268 g/mol. The van der Waals surface area contributed by atoms with Gasteiger partial charge in [-0.2, -0.15) is 9.50 Å². The van der Waals surface area contributed by atoms with Crippen LogP contribution in [0, 0.1) is 20.8 Å². The molecule has 3 rings (SSSR count). The van der Waals surface area contributed by atoms with Crippen molar-refractivity contribution in [3.8, 4) is 0 Å². The molecule has 0 amide bonds. The van der Waals surface area contributed by atoms with E-state index in [9.17, 15) is 4.79 Å². The van der Waals surface area contributed by atoms with Crippen molar-refractivity contribution < 1.29 is 0 Å². The predicted molar refractivity (Wildman–Crippen MR) is 77.1 cm³/mol. The van der Waals surface area contributed by atoms with Crippen molar-refractivity contribution in [1.29, 1.82) is 0 Å². The molecule has 20 heavy (non-hydrogen) atoms. The largest absolute Gasteiger partial charge is 0.277 e. The number of nitrogens with one attached hydrogen (secondary N) is 1. The van der Waals surface area contributed by atoms with Gasteiger partial charge in [-0.1, -0.05) is 24.3 Å². The van der Waals surface area contributed by atoms with Crippen LogP contribution in [0.4, 0.5) is 0 Å². The summed E-state index contributed by atoms with van der Waals surface area (Å²) in [5, 5.41) is 2.93. The van der Waals surface area contributed by atoms with Gasteiger partial charge in [0.2, 0.25) is 0 Å². The average Bonchev–Trinajstić information content (AvgIpc) is 2.77. The molecule has 0 spiro atoms. The van der Waals surface area contributed by atoms with Gasteiger partial charge in [-0.15, -0.1) is 0 Å². The minimum Gasteiger partial charge on any atom is -0.275 e. The quantitative estimate of drug-likeness (QED) is 0.772. The Hall–Kier alpha value is -2.43. The maximum atomic E-state index is 12.5. The smallest absolute Gasteiger partial charge is 0.275 e. The Kier molecular flexibility index (Phi) is 2.89. The van der Waals surface area contributed by atoms with Crippen molar-refractivity contribution in [3.63, 3.8) is 0 Å². The zero-order chi connectivity index (χ0) is 14.3. The summed E-state index contributed by atoms with van der Waals surface area (Å²) in [6.07, 6.45) is 0.589. The van der Waals surface area contributed by atoms with E-state index in [1.54, 1.807) is 0 Å². The highest BCUT2D eigenvalue weighted by atomic mass is 16.1. The normalized spacial score (nSPS) is 11.2. The number of aryl methyl sites for hydroxylation is 3. The first-order valence-electron chi connectivity index (χ1n) is 6.55. The van der Waals surface area contributed by atoms with Gasteiger partial charge >= 0.3 is 0 Å². The Labute approximate surface area is 116 Å². The fraction of sp³-hybridized carbons (Fsp3) is 0.267. The third kappa shape index (κ3) is 2.01. The van der Waals surface area contributed by atoms with E-state index in [2.05, 4.69) is 28.1 Å². The highest BCUT2D eigenvalue weighted by Crippen LogP contribution is 2.13. The lowest BCUT2D eigenvalue weighted by atomic mass is 10.0. The van der Waals surface area contributed by atoms with Gasteiger partial charge in [0, 0.05) is 12.0 Å². The molecule has 0 fully saturated rings. The van der Waals surface area contributed by atoms with Gasteiger partial charge in [0.15, 0.2) is 0 Å². The lowest BCUT2D eigenvalue weighted by Gasteiger charge is -2.07. The van der Waals surface area contributed by atoms with E-state index in [4.69, 9.17) is 0 Å². The molecule has 0 saturated carbocycles. The molecule has 1 N–H and O–H groups in total. The Morgan fingerprint density at radius 3 is 2.65 bits per heavy atom. The van der Waals surface area contributed by atoms with E-state index in [0.717, 1.165) is 11.3 Å². The second-order valence-corrected chi connectivity index (χ2v) is 5.03. The number of hydrogen-bond donors (Lipinski definition) is 1. The first kappa shape index (κ1) is 12.6. The monoisotopic (exact) mass is 268 g/mol. The number of fused-ring (bicyclic) bond motifs is 1. The Morgan fingerprint density at radius 1 is 1.15 bits per heavy atom. The van der Waals surface area contributed by atoms with E-state index in [1.165, 1.54) is 10.1 Å². The second kappa shape index (κ2) is 4.59.